The fourth-order valence-corrected chi connectivity index (χ4v) is 2.62. The van der Waals surface area contributed by atoms with E-state index in [2.05, 4.69) is 20.8 Å². The number of fused-ring (bicyclic) bond motifs is 1. The molecule has 1 aromatic heterocycles. The Morgan fingerprint density at radius 1 is 1.12 bits per heavy atom. The van der Waals surface area contributed by atoms with Crippen LogP contribution in [0.2, 0.25) is 5.15 Å². The van der Waals surface area contributed by atoms with Crippen molar-refractivity contribution in [3.05, 3.63) is 70.4 Å². The number of hydrogen-bond acceptors (Lipinski definition) is 4. The summed E-state index contributed by atoms with van der Waals surface area (Å²) in [6.45, 7) is 4.15. The third-order valence-electron chi connectivity index (χ3n) is 3.85. The lowest BCUT2D eigenvalue weighted by atomic mass is 10.1. The lowest BCUT2D eigenvalue weighted by Crippen LogP contribution is -2.25. The van der Waals surface area contributed by atoms with Crippen molar-refractivity contribution >= 4 is 40.3 Å². The Balaban J connectivity index is 1.60. The average Bonchev–Trinajstić information content (AvgIpc) is 2.62. The largest absolute Gasteiger partial charge is 0.376 e. The number of carbonyl (C=O) groups excluding carboxylic acids is 1. The van der Waals surface area contributed by atoms with Crippen molar-refractivity contribution in [1.29, 1.82) is 0 Å². The van der Waals surface area contributed by atoms with E-state index < -0.39 is 0 Å². The second-order valence-electron chi connectivity index (χ2n) is 6.08. The van der Waals surface area contributed by atoms with Crippen LogP contribution in [-0.2, 0) is 4.79 Å². The number of nitrogens with one attached hydrogen (secondary N) is 2. The summed E-state index contributed by atoms with van der Waals surface area (Å²) in [6, 6.07) is 15.7. The van der Waals surface area contributed by atoms with Gasteiger partial charge in [-0.25, -0.2) is 10.4 Å². The predicted octanol–water partition coefficient (Wildman–Crippen LogP) is 4.07. The van der Waals surface area contributed by atoms with Crippen LogP contribution >= 0.6 is 11.6 Å². The van der Waals surface area contributed by atoms with E-state index in [9.17, 15) is 4.79 Å². The quantitative estimate of drug-likeness (QED) is 0.406. The number of benzene rings is 2. The van der Waals surface area contributed by atoms with E-state index in [-0.39, 0.29) is 12.5 Å². The molecule has 0 aliphatic rings. The summed E-state index contributed by atoms with van der Waals surface area (Å²) >= 11 is 6.20. The summed E-state index contributed by atoms with van der Waals surface area (Å²) in [5.74, 6) is -0.248. The van der Waals surface area contributed by atoms with Gasteiger partial charge in [-0.3, -0.25) is 4.79 Å². The first-order chi connectivity index (χ1) is 12.5. The number of anilines is 1. The van der Waals surface area contributed by atoms with E-state index in [1.54, 1.807) is 0 Å². The maximum absolute atomic E-state index is 11.9. The van der Waals surface area contributed by atoms with E-state index in [0.29, 0.717) is 10.7 Å². The molecule has 6 heteroatoms. The number of hydrazone groups is 1. The summed E-state index contributed by atoms with van der Waals surface area (Å²) < 4.78 is 0. The molecular formula is C20H19ClN4O. The Hall–Kier alpha value is -2.92. The van der Waals surface area contributed by atoms with Gasteiger partial charge in [0.1, 0.15) is 5.15 Å². The molecule has 0 atom stereocenters. The molecule has 1 heterocycles. The topological polar surface area (TPSA) is 66.4 Å². The molecule has 0 fully saturated rings. The molecule has 5 nitrogen and oxygen atoms in total. The highest BCUT2D eigenvalue weighted by molar-refractivity contribution is 6.32. The van der Waals surface area contributed by atoms with Crippen LogP contribution < -0.4 is 10.7 Å². The van der Waals surface area contributed by atoms with Crippen LogP contribution in [0.1, 0.15) is 16.7 Å². The second-order valence-corrected chi connectivity index (χ2v) is 6.44. The maximum Gasteiger partial charge on any atom is 0.259 e. The maximum atomic E-state index is 11.9. The van der Waals surface area contributed by atoms with Gasteiger partial charge in [-0.05, 0) is 43.7 Å². The normalized spacial score (nSPS) is 11.0. The fraction of sp³-hybridized carbons (Fsp3) is 0.150. The molecule has 3 aromatic rings. The smallest absolute Gasteiger partial charge is 0.259 e. The summed E-state index contributed by atoms with van der Waals surface area (Å²) in [7, 11) is 0. The molecule has 0 aliphatic carbocycles. The van der Waals surface area contributed by atoms with Gasteiger partial charge in [-0.2, -0.15) is 5.10 Å². The first-order valence-corrected chi connectivity index (χ1v) is 8.58. The number of nitrogens with zero attached hydrogens (tertiary/aromatic N) is 2. The Kier molecular flexibility index (Phi) is 5.49. The second kappa shape index (κ2) is 7.97. The number of aromatic nitrogens is 1. The molecule has 3 rings (SSSR count). The van der Waals surface area contributed by atoms with E-state index in [0.717, 1.165) is 22.2 Å². The van der Waals surface area contributed by atoms with Crippen molar-refractivity contribution in [2.45, 2.75) is 13.8 Å². The lowest BCUT2D eigenvalue weighted by Gasteiger charge is -2.06. The Morgan fingerprint density at radius 3 is 2.62 bits per heavy atom. The van der Waals surface area contributed by atoms with Crippen molar-refractivity contribution in [3.8, 4) is 0 Å². The standard InChI is InChI=1S/C20H19ClN4O/c1-13-4-7-17(8-5-13)22-12-19(26)25-23-11-16-10-15-6-3-14(2)9-18(15)24-20(16)21/h3-11,22H,12H2,1-2H3,(H,25,26)/b23-11-. The van der Waals surface area contributed by atoms with Gasteiger partial charge in [0, 0.05) is 16.6 Å². The van der Waals surface area contributed by atoms with Crippen LogP contribution in [0.5, 0.6) is 0 Å². The highest BCUT2D eigenvalue weighted by Crippen LogP contribution is 2.20. The molecule has 2 N–H and O–H groups in total. The van der Waals surface area contributed by atoms with Gasteiger partial charge in [0.2, 0.25) is 0 Å². The van der Waals surface area contributed by atoms with Crippen molar-refractivity contribution in [2.75, 3.05) is 11.9 Å². The monoisotopic (exact) mass is 366 g/mol. The van der Waals surface area contributed by atoms with Gasteiger partial charge in [0.05, 0.1) is 18.3 Å². The molecule has 0 unspecified atom stereocenters. The molecule has 2 aromatic carbocycles. The third-order valence-corrected chi connectivity index (χ3v) is 4.15. The van der Waals surface area contributed by atoms with Gasteiger partial charge in [0.25, 0.3) is 5.91 Å². The number of rotatable bonds is 5. The number of carbonyl (C=O) groups is 1. The van der Waals surface area contributed by atoms with Gasteiger partial charge in [0.15, 0.2) is 0 Å². The minimum atomic E-state index is -0.248. The highest BCUT2D eigenvalue weighted by atomic mass is 35.5. The van der Waals surface area contributed by atoms with Crippen LogP contribution in [0.4, 0.5) is 5.69 Å². The molecule has 0 aliphatic heterocycles. The molecule has 0 spiro atoms. The van der Waals surface area contributed by atoms with E-state index in [1.165, 1.54) is 11.8 Å². The van der Waals surface area contributed by atoms with Crippen LogP contribution in [0.25, 0.3) is 10.9 Å². The summed E-state index contributed by atoms with van der Waals surface area (Å²) in [5.41, 5.74) is 7.13. The SMILES string of the molecule is Cc1ccc(NCC(=O)N/N=C\c2cc3ccc(C)cc3nc2Cl)cc1. The summed E-state index contributed by atoms with van der Waals surface area (Å²) in [4.78, 5) is 16.2. The predicted molar refractivity (Wildman–Crippen MR) is 107 cm³/mol. The van der Waals surface area contributed by atoms with Gasteiger partial charge >= 0.3 is 0 Å². The van der Waals surface area contributed by atoms with Crippen molar-refractivity contribution in [3.63, 3.8) is 0 Å². The first kappa shape index (κ1) is 17.9. The van der Waals surface area contributed by atoms with Crippen LogP contribution in [0.15, 0.2) is 53.6 Å². The number of halogens is 1. The number of hydrogen-bond donors (Lipinski definition) is 2. The zero-order valence-corrected chi connectivity index (χ0v) is 15.3. The number of amides is 1. The third kappa shape index (κ3) is 4.58. The average molecular weight is 367 g/mol. The Labute approximate surface area is 157 Å². The molecule has 0 saturated heterocycles. The summed E-state index contributed by atoms with van der Waals surface area (Å²) in [5, 5.41) is 8.31. The lowest BCUT2D eigenvalue weighted by molar-refractivity contribution is -0.119. The zero-order chi connectivity index (χ0) is 18.5. The van der Waals surface area contributed by atoms with Crippen molar-refractivity contribution in [1.82, 2.24) is 10.4 Å². The minimum absolute atomic E-state index is 0.128. The molecule has 26 heavy (non-hydrogen) atoms. The Bertz CT molecular complexity index is 967. The Morgan fingerprint density at radius 2 is 1.85 bits per heavy atom. The number of pyridine rings is 1. The molecule has 0 saturated carbocycles. The fourth-order valence-electron chi connectivity index (χ4n) is 2.43. The summed E-state index contributed by atoms with van der Waals surface area (Å²) in [6.07, 6.45) is 1.50. The van der Waals surface area contributed by atoms with Gasteiger partial charge in [-0.15, -0.1) is 0 Å². The zero-order valence-electron chi connectivity index (χ0n) is 14.6. The molecular weight excluding hydrogens is 348 g/mol. The van der Waals surface area contributed by atoms with E-state index in [4.69, 9.17) is 11.6 Å². The van der Waals surface area contributed by atoms with Gasteiger partial charge < -0.3 is 5.32 Å². The molecule has 132 valence electrons. The minimum Gasteiger partial charge on any atom is -0.376 e. The highest BCUT2D eigenvalue weighted by Gasteiger charge is 2.04. The first-order valence-electron chi connectivity index (χ1n) is 8.20. The van der Waals surface area contributed by atoms with E-state index >= 15 is 0 Å². The number of aryl methyl sites for hydroxylation is 2. The van der Waals surface area contributed by atoms with E-state index in [1.807, 2.05) is 62.4 Å². The van der Waals surface area contributed by atoms with Crippen molar-refractivity contribution in [2.24, 2.45) is 5.10 Å². The van der Waals surface area contributed by atoms with Crippen LogP contribution in [0.3, 0.4) is 0 Å². The van der Waals surface area contributed by atoms with Crippen LogP contribution in [-0.4, -0.2) is 23.7 Å². The molecule has 0 radical (unpaired) electrons. The van der Waals surface area contributed by atoms with Gasteiger partial charge in [-0.1, -0.05) is 41.4 Å². The molecule has 1 amide bonds. The van der Waals surface area contributed by atoms with Crippen molar-refractivity contribution < 1.29 is 4.79 Å². The molecule has 0 bridgehead atoms. The van der Waals surface area contributed by atoms with Crippen LogP contribution in [0, 0.1) is 13.8 Å².